The molecule has 2 saturated heterocycles. The number of pyridine rings is 1. The van der Waals surface area contributed by atoms with Crippen LogP contribution >= 0.6 is 0 Å². The van der Waals surface area contributed by atoms with Crippen LogP contribution in [0.15, 0.2) is 18.3 Å². The Morgan fingerprint density at radius 3 is 2.47 bits per heavy atom. The SMILES string of the molecule is O=C(C1CCC1)N1CC2(CC(Oc3ncccc3F)CCO2)C1.O=C(O)C(F)(F)F. The Bertz CT molecular complexity index is 778. The molecule has 3 fully saturated rings. The minimum atomic E-state index is -5.08. The molecule has 1 spiro atoms. The van der Waals surface area contributed by atoms with Gasteiger partial charge in [-0.2, -0.15) is 13.2 Å². The first-order valence-corrected chi connectivity index (χ1v) is 9.60. The zero-order chi connectivity index (χ0) is 21.9. The Kier molecular flexibility index (Phi) is 6.49. The van der Waals surface area contributed by atoms with Crippen molar-refractivity contribution in [2.45, 2.75) is 50.0 Å². The number of hydrogen-bond acceptors (Lipinski definition) is 5. The second-order valence-corrected chi connectivity index (χ2v) is 7.68. The fourth-order valence-corrected chi connectivity index (χ4v) is 3.64. The van der Waals surface area contributed by atoms with Crippen LogP contribution in [-0.2, 0) is 14.3 Å². The number of carboxylic acids is 1. The molecule has 4 rings (SSSR count). The molecule has 2 aliphatic heterocycles. The fraction of sp³-hybridized carbons (Fsp3) is 0.632. The number of carbonyl (C=O) groups excluding carboxylic acids is 1. The molecule has 11 heteroatoms. The summed E-state index contributed by atoms with van der Waals surface area (Å²) in [5.74, 6) is -2.65. The molecule has 1 N–H and O–H groups in total. The molecule has 166 valence electrons. The summed E-state index contributed by atoms with van der Waals surface area (Å²) < 4.78 is 57.0. The zero-order valence-corrected chi connectivity index (χ0v) is 16.0. The number of rotatable bonds is 3. The van der Waals surface area contributed by atoms with E-state index in [0.29, 0.717) is 32.5 Å². The van der Waals surface area contributed by atoms with Crippen LogP contribution in [-0.4, -0.2) is 64.4 Å². The van der Waals surface area contributed by atoms with Gasteiger partial charge in [-0.3, -0.25) is 4.79 Å². The summed E-state index contributed by atoms with van der Waals surface area (Å²) in [4.78, 5) is 27.0. The maximum absolute atomic E-state index is 13.7. The Balaban J connectivity index is 0.000000318. The summed E-state index contributed by atoms with van der Waals surface area (Å²) >= 11 is 0. The number of likely N-dealkylation sites (tertiary alicyclic amines) is 1. The van der Waals surface area contributed by atoms with Gasteiger partial charge in [0.15, 0.2) is 5.82 Å². The van der Waals surface area contributed by atoms with Crippen molar-refractivity contribution in [1.29, 1.82) is 0 Å². The number of amides is 1. The molecule has 0 bridgehead atoms. The molecule has 1 aromatic rings. The molecule has 7 nitrogen and oxygen atoms in total. The van der Waals surface area contributed by atoms with E-state index in [2.05, 4.69) is 4.98 Å². The maximum atomic E-state index is 13.7. The van der Waals surface area contributed by atoms with Gasteiger partial charge in [0.2, 0.25) is 5.91 Å². The van der Waals surface area contributed by atoms with Crippen molar-refractivity contribution in [3.63, 3.8) is 0 Å². The van der Waals surface area contributed by atoms with Crippen molar-refractivity contribution in [2.75, 3.05) is 19.7 Å². The minimum Gasteiger partial charge on any atom is -0.475 e. The standard InChI is InChI=1S/C17H21FN2O3.C2HF3O2/c18-14-5-2-7-19-15(14)23-13-6-8-22-17(9-13)10-20(11-17)16(21)12-3-1-4-12;3-2(4,5)1(6)7/h2,5,7,12-13H,1,3-4,6,8-11H2;(H,6,7). The Labute approximate surface area is 170 Å². The van der Waals surface area contributed by atoms with E-state index >= 15 is 0 Å². The van der Waals surface area contributed by atoms with Gasteiger partial charge in [-0.05, 0) is 25.0 Å². The van der Waals surface area contributed by atoms with Crippen molar-refractivity contribution in [3.05, 3.63) is 24.1 Å². The van der Waals surface area contributed by atoms with Crippen molar-refractivity contribution >= 4 is 11.9 Å². The highest BCUT2D eigenvalue weighted by Crippen LogP contribution is 2.38. The third kappa shape index (κ3) is 5.18. The Morgan fingerprint density at radius 1 is 1.27 bits per heavy atom. The summed E-state index contributed by atoms with van der Waals surface area (Å²) in [7, 11) is 0. The van der Waals surface area contributed by atoms with Crippen molar-refractivity contribution in [3.8, 4) is 5.88 Å². The van der Waals surface area contributed by atoms with Crippen LogP contribution < -0.4 is 4.74 Å². The topological polar surface area (TPSA) is 89.0 Å². The third-order valence-corrected chi connectivity index (χ3v) is 5.42. The van der Waals surface area contributed by atoms with E-state index < -0.39 is 18.0 Å². The van der Waals surface area contributed by atoms with E-state index in [9.17, 15) is 22.4 Å². The first kappa shape index (κ1) is 22.3. The highest BCUT2D eigenvalue weighted by atomic mass is 19.4. The molecular formula is C19H22F4N2O5. The number of carboxylic acid groups (broad SMARTS) is 1. The fourth-order valence-electron chi connectivity index (χ4n) is 3.64. The van der Waals surface area contributed by atoms with Crippen LogP contribution in [0.3, 0.4) is 0 Å². The van der Waals surface area contributed by atoms with Crippen molar-refractivity contribution < 1.29 is 41.7 Å². The molecule has 1 saturated carbocycles. The summed E-state index contributed by atoms with van der Waals surface area (Å²) in [6, 6.07) is 2.89. The average molecular weight is 434 g/mol. The van der Waals surface area contributed by atoms with Crippen molar-refractivity contribution in [2.24, 2.45) is 5.92 Å². The molecule has 1 atom stereocenters. The van der Waals surface area contributed by atoms with E-state index in [1.807, 2.05) is 4.90 Å². The quantitative estimate of drug-likeness (QED) is 0.736. The van der Waals surface area contributed by atoms with Crippen LogP contribution in [0, 0.1) is 11.7 Å². The van der Waals surface area contributed by atoms with Gasteiger partial charge in [-0.15, -0.1) is 0 Å². The minimum absolute atomic E-state index is 0.0521. The molecule has 0 aromatic carbocycles. The average Bonchev–Trinajstić information content (AvgIpc) is 2.60. The molecule has 1 amide bonds. The van der Waals surface area contributed by atoms with Gasteiger partial charge in [0.05, 0.1) is 19.7 Å². The molecule has 3 heterocycles. The van der Waals surface area contributed by atoms with Crippen LogP contribution in [0.4, 0.5) is 17.6 Å². The van der Waals surface area contributed by atoms with Crippen LogP contribution in [0.2, 0.25) is 0 Å². The monoisotopic (exact) mass is 434 g/mol. The van der Waals surface area contributed by atoms with Crippen LogP contribution in [0.5, 0.6) is 5.88 Å². The second-order valence-electron chi connectivity index (χ2n) is 7.68. The molecular weight excluding hydrogens is 412 g/mol. The summed E-state index contributed by atoms with van der Waals surface area (Å²) in [6.07, 6.45) is 0.926. The zero-order valence-electron chi connectivity index (χ0n) is 16.0. The van der Waals surface area contributed by atoms with Gasteiger partial charge in [0, 0.05) is 25.0 Å². The van der Waals surface area contributed by atoms with Crippen LogP contribution in [0.1, 0.15) is 32.1 Å². The first-order valence-electron chi connectivity index (χ1n) is 9.60. The van der Waals surface area contributed by atoms with E-state index in [1.165, 1.54) is 12.3 Å². The van der Waals surface area contributed by atoms with E-state index in [1.54, 1.807) is 6.07 Å². The molecule has 0 radical (unpaired) electrons. The molecule has 1 aliphatic carbocycles. The van der Waals surface area contributed by atoms with Gasteiger partial charge in [0.25, 0.3) is 5.88 Å². The van der Waals surface area contributed by atoms with Gasteiger partial charge in [-0.1, -0.05) is 6.42 Å². The molecule has 1 aromatic heterocycles. The highest BCUT2D eigenvalue weighted by Gasteiger charge is 2.51. The van der Waals surface area contributed by atoms with E-state index in [0.717, 1.165) is 19.3 Å². The number of halogens is 4. The maximum Gasteiger partial charge on any atom is 0.490 e. The number of aromatic nitrogens is 1. The lowest BCUT2D eigenvalue weighted by Gasteiger charge is -2.54. The molecule has 1 unspecified atom stereocenters. The lowest BCUT2D eigenvalue weighted by Crippen LogP contribution is -2.68. The first-order chi connectivity index (χ1) is 14.1. The number of alkyl halides is 3. The number of nitrogens with zero attached hydrogens (tertiary/aromatic N) is 2. The van der Waals surface area contributed by atoms with Gasteiger partial charge < -0.3 is 19.5 Å². The normalized spacial score (nSPS) is 22.9. The van der Waals surface area contributed by atoms with E-state index in [-0.39, 0.29) is 29.4 Å². The van der Waals surface area contributed by atoms with Gasteiger partial charge >= 0.3 is 12.1 Å². The molecule has 30 heavy (non-hydrogen) atoms. The second kappa shape index (κ2) is 8.75. The van der Waals surface area contributed by atoms with Gasteiger partial charge in [0.1, 0.15) is 11.7 Å². The largest absolute Gasteiger partial charge is 0.490 e. The summed E-state index contributed by atoms with van der Waals surface area (Å²) in [6.45, 7) is 1.84. The lowest BCUT2D eigenvalue weighted by atomic mass is 9.80. The third-order valence-electron chi connectivity index (χ3n) is 5.42. The predicted molar refractivity (Wildman–Crippen MR) is 94.1 cm³/mol. The highest BCUT2D eigenvalue weighted by molar-refractivity contribution is 5.80. The number of hydrogen-bond donors (Lipinski definition) is 1. The Hall–Kier alpha value is -2.43. The van der Waals surface area contributed by atoms with Gasteiger partial charge in [-0.25, -0.2) is 14.2 Å². The van der Waals surface area contributed by atoms with E-state index in [4.69, 9.17) is 19.4 Å². The predicted octanol–water partition coefficient (Wildman–Crippen LogP) is 2.79. The van der Waals surface area contributed by atoms with Crippen molar-refractivity contribution in [1.82, 2.24) is 9.88 Å². The lowest BCUT2D eigenvalue weighted by molar-refractivity contribution is -0.197. The number of aliphatic carboxylic acids is 1. The number of carbonyl (C=O) groups is 2. The summed E-state index contributed by atoms with van der Waals surface area (Å²) in [5, 5.41) is 7.12. The number of ether oxygens (including phenoxy) is 2. The summed E-state index contributed by atoms with van der Waals surface area (Å²) in [5.41, 5.74) is -0.312. The van der Waals surface area contributed by atoms with Crippen LogP contribution in [0.25, 0.3) is 0 Å². The Morgan fingerprint density at radius 2 is 1.93 bits per heavy atom. The molecule has 3 aliphatic rings. The smallest absolute Gasteiger partial charge is 0.475 e.